The summed E-state index contributed by atoms with van der Waals surface area (Å²) in [6, 6.07) is 15.3. The van der Waals surface area contributed by atoms with Gasteiger partial charge in [-0.15, -0.1) is 0 Å². The lowest BCUT2D eigenvalue weighted by Crippen LogP contribution is -2.32. The fourth-order valence-corrected chi connectivity index (χ4v) is 5.09. The highest BCUT2D eigenvalue weighted by Crippen LogP contribution is 2.36. The van der Waals surface area contributed by atoms with Crippen molar-refractivity contribution in [1.82, 2.24) is 14.6 Å². The molecule has 1 fully saturated rings. The molecular formula is C29H31F3N4O. The quantitative estimate of drug-likeness (QED) is 0.302. The highest BCUT2D eigenvalue weighted by atomic mass is 19.4. The van der Waals surface area contributed by atoms with Crippen molar-refractivity contribution in [3.63, 3.8) is 0 Å². The molecule has 37 heavy (non-hydrogen) atoms. The molecule has 1 aliphatic rings. The van der Waals surface area contributed by atoms with E-state index in [4.69, 9.17) is 10.1 Å². The van der Waals surface area contributed by atoms with E-state index in [2.05, 4.69) is 36.1 Å². The van der Waals surface area contributed by atoms with Crippen LogP contribution < -0.4 is 4.90 Å². The molecule has 1 atom stereocenters. The first-order chi connectivity index (χ1) is 17.8. The van der Waals surface area contributed by atoms with E-state index < -0.39 is 11.7 Å². The molecule has 0 radical (unpaired) electrons. The van der Waals surface area contributed by atoms with Gasteiger partial charge in [0.1, 0.15) is 5.82 Å². The van der Waals surface area contributed by atoms with Gasteiger partial charge in [-0.1, -0.05) is 55.3 Å². The lowest BCUT2D eigenvalue weighted by molar-refractivity contribution is -0.137. The molecule has 2 aromatic heterocycles. The number of rotatable bonds is 7. The van der Waals surface area contributed by atoms with E-state index in [1.807, 2.05) is 13.0 Å². The van der Waals surface area contributed by atoms with Crippen LogP contribution in [0.15, 0.2) is 54.6 Å². The second-order valence-electron chi connectivity index (χ2n) is 9.77. The predicted molar refractivity (Wildman–Crippen MR) is 140 cm³/mol. The van der Waals surface area contributed by atoms with Crippen molar-refractivity contribution in [2.45, 2.75) is 58.2 Å². The number of benzene rings is 2. The summed E-state index contributed by atoms with van der Waals surface area (Å²) in [4.78, 5) is 7.16. The Morgan fingerprint density at radius 1 is 1.03 bits per heavy atom. The number of nitrogens with zero attached hydrogens (tertiary/aromatic N) is 4. The first-order valence-electron chi connectivity index (χ1n) is 12.8. The zero-order valence-corrected chi connectivity index (χ0v) is 21.1. The minimum absolute atomic E-state index is 0.0221. The summed E-state index contributed by atoms with van der Waals surface area (Å²) in [6.07, 6.45) is 0.151. The highest BCUT2D eigenvalue weighted by Gasteiger charge is 2.31. The maximum Gasteiger partial charge on any atom is 0.416 e. The lowest BCUT2D eigenvalue weighted by atomic mass is 10.0. The lowest BCUT2D eigenvalue weighted by Gasteiger charge is -2.25. The number of hydrogen-bond donors (Lipinski definition) is 1. The number of halogens is 3. The van der Waals surface area contributed by atoms with Gasteiger partial charge < -0.3 is 10.0 Å². The summed E-state index contributed by atoms with van der Waals surface area (Å²) in [6.45, 7) is 4.96. The summed E-state index contributed by atoms with van der Waals surface area (Å²) in [5.74, 6) is 0.703. The van der Waals surface area contributed by atoms with Crippen LogP contribution >= 0.6 is 0 Å². The SMILES string of the molecule is CCCCc1nn2c(-c3ccc(C(F)(F)F)cc3)cc(N3CCC[C@H]3CO)nc2c1-c1ccc(C)cc1. The molecule has 0 bridgehead atoms. The zero-order valence-electron chi connectivity index (χ0n) is 21.1. The van der Waals surface area contributed by atoms with Crippen LogP contribution in [0.2, 0.25) is 0 Å². The topological polar surface area (TPSA) is 53.7 Å². The van der Waals surface area contributed by atoms with Crippen LogP contribution in [0.5, 0.6) is 0 Å². The Kier molecular flexibility index (Phi) is 6.94. The largest absolute Gasteiger partial charge is 0.416 e. The van der Waals surface area contributed by atoms with Crippen LogP contribution in [0, 0.1) is 6.92 Å². The molecule has 1 saturated heterocycles. The number of aliphatic hydroxyl groups excluding tert-OH is 1. The van der Waals surface area contributed by atoms with Gasteiger partial charge >= 0.3 is 6.18 Å². The Labute approximate surface area is 214 Å². The molecular weight excluding hydrogens is 477 g/mol. The van der Waals surface area contributed by atoms with Crippen LogP contribution in [0.25, 0.3) is 28.0 Å². The summed E-state index contributed by atoms with van der Waals surface area (Å²) < 4.78 is 41.5. The van der Waals surface area contributed by atoms with Crippen LogP contribution in [0.3, 0.4) is 0 Å². The number of aliphatic hydroxyl groups is 1. The third kappa shape index (κ3) is 4.94. The molecule has 0 saturated carbocycles. The number of aromatic nitrogens is 3. The van der Waals surface area contributed by atoms with Gasteiger partial charge in [0.2, 0.25) is 0 Å². The van der Waals surface area contributed by atoms with E-state index >= 15 is 0 Å². The normalized spacial score (nSPS) is 16.2. The summed E-state index contributed by atoms with van der Waals surface area (Å²) in [7, 11) is 0. The van der Waals surface area contributed by atoms with Crippen molar-refractivity contribution >= 4 is 11.5 Å². The monoisotopic (exact) mass is 508 g/mol. The minimum Gasteiger partial charge on any atom is -0.394 e. The molecule has 1 aliphatic heterocycles. The minimum atomic E-state index is -4.40. The van der Waals surface area contributed by atoms with Gasteiger partial charge in [0.05, 0.1) is 29.6 Å². The van der Waals surface area contributed by atoms with Crippen molar-refractivity contribution in [2.24, 2.45) is 0 Å². The standard InChI is InChI=1S/C29H31F3N4O/c1-3-4-7-24-27(21-10-8-19(2)9-11-21)28-33-26(35-16-5-6-23(35)18-37)17-25(36(28)34-24)20-12-14-22(15-13-20)29(30,31)32/h8-15,17,23,37H,3-7,16,18H2,1-2H3/t23-/m0/s1. The number of hydrogen-bond acceptors (Lipinski definition) is 4. The van der Waals surface area contributed by atoms with Crippen LogP contribution in [-0.4, -0.2) is 38.9 Å². The fraction of sp³-hybridized carbons (Fsp3) is 0.379. The number of aryl methyl sites for hydroxylation is 2. The molecule has 2 aromatic carbocycles. The van der Waals surface area contributed by atoms with E-state index in [0.29, 0.717) is 22.7 Å². The second kappa shape index (κ2) is 10.2. The van der Waals surface area contributed by atoms with Crippen molar-refractivity contribution in [2.75, 3.05) is 18.1 Å². The summed E-state index contributed by atoms with van der Waals surface area (Å²) in [5, 5.41) is 14.9. The van der Waals surface area contributed by atoms with Crippen molar-refractivity contribution in [3.05, 3.63) is 71.4 Å². The average Bonchev–Trinajstić information content (AvgIpc) is 3.51. The van der Waals surface area contributed by atoms with E-state index in [-0.39, 0.29) is 12.6 Å². The molecule has 0 amide bonds. The predicted octanol–water partition coefficient (Wildman–Crippen LogP) is 6.69. The van der Waals surface area contributed by atoms with Gasteiger partial charge in [-0.25, -0.2) is 9.50 Å². The molecule has 5 nitrogen and oxygen atoms in total. The molecule has 0 spiro atoms. The maximum atomic E-state index is 13.3. The smallest absolute Gasteiger partial charge is 0.394 e. The number of fused-ring (bicyclic) bond motifs is 1. The Morgan fingerprint density at radius 2 is 1.73 bits per heavy atom. The summed E-state index contributed by atoms with van der Waals surface area (Å²) in [5.41, 5.74) is 5.31. The molecule has 1 N–H and O–H groups in total. The molecule has 3 heterocycles. The van der Waals surface area contributed by atoms with E-state index in [1.165, 1.54) is 12.1 Å². The number of alkyl halides is 3. The molecule has 194 valence electrons. The first-order valence-corrected chi connectivity index (χ1v) is 12.8. The molecule has 0 unspecified atom stereocenters. The third-order valence-corrected chi connectivity index (χ3v) is 7.15. The van der Waals surface area contributed by atoms with E-state index in [1.54, 1.807) is 4.52 Å². The third-order valence-electron chi connectivity index (χ3n) is 7.15. The molecule has 8 heteroatoms. The van der Waals surface area contributed by atoms with Gasteiger partial charge in [-0.3, -0.25) is 0 Å². The summed E-state index contributed by atoms with van der Waals surface area (Å²) >= 11 is 0. The highest BCUT2D eigenvalue weighted by molar-refractivity contribution is 5.83. The molecule has 5 rings (SSSR count). The van der Waals surface area contributed by atoms with Gasteiger partial charge in [-0.05, 0) is 50.3 Å². The Balaban J connectivity index is 1.76. The first kappa shape index (κ1) is 25.3. The second-order valence-corrected chi connectivity index (χ2v) is 9.77. The van der Waals surface area contributed by atoms with Crippen molar-refractivity contribution in [3.8, 4) is 22.4 Å². The van der Waals surface area contributed by atoms with E-state index in [0.717, 1.165) is 73.2 Å². The number of unbranched alkanes of at least 4 members (excludes halogenated alkanes) is 1. The van der Waals surface area contributed by atoms with Gasteiger partial charge in [0.15, 0.2) is 5.65 Å². The van der Waals surface area contributed by atoms with Crippen LogP contribution in [0.1, 0.15) is 49.4 Å². The Morgan fingerprint density at radius 3 is 2.38 bits per heavy atom. The van der Waals surface area contributed by atoms with E-state index in [9.17, 15) is 18.3 Å². The zero-order chi connectivity index (χ0) is 26.2. The maximum absolute atomic E-state index is 13.3. The average molecular weight is 509 g/mol. The Bertz CT molecular complexity index is 1380. The van der Waals surface area contributed by atoms with Crippen LogP contribution in [0.4, 0.5) is 19.0 Å². The van der Waals surface area contributed by atoms with Crippen molar-refractivity contribution in [1.29, 1.82) is 0 Å². The van der Waals surface area contributed by atoms with Gasteiger partial charge in [0, 0.05) is 23.7 Å². The fourth-order valence-electron chi connectivity index (χ4n) is 5.09. The molecule has 0 aliphatic carbocycles. The Hall–Kier alpha value is -3.39. The molecule has 4 aromatic rings. The van der Waals surface area contributed by atoms with Crippen molar-refractivity contribution < 1.29 is 18.3 Å². The van der Waals surface area contributed by atoms with Gasteiger partial charge in [-0.2, -0.15) is 18.3 Å². The number of anilines is 1. The van der Waals surface area contributed by atoms with Gasteiger partial charge in [0.25, 0.3) is 0 Å². The van der Waals surface area contributed by atoms with Crippen LogP contribution in [-0.2, 0) is 12.6 Å².